The van der Waals surface area contributed by atoms with Crippen molar-refractivity contribution >= 4 is 17.6 Å². The SMILES string of the molecule is CCC[C@]1(C(=O)O)CCN(c2nnc3ccccn23)C[C@@H]1O. The van der Waals surface area contributed by atoms with Gasteiger partial charge in [-0.3, -0.25) is 9.20 Å². The van der Waals surface area contributed by atoms with Crippen molar-refractivity contribution in [1.82, 2.24) is 14.6 Å². The summed E-state index contributed by atoms with van der Waals surface area (Å²) in [5, 5.41) is 28.3. The number of nitrogens with zero attached hydrogens (tertiary/aromatic N) is 4. The largest absolute Gasteiger partial charge is 0.481 e. The number of β-amino-alcohol motifs (C(OH)–C–C–N with tert-alkyl or cyclic N) is 1. The Morgan fingerprint density at radius 2 is 2.27 bits per heavy atom. The first-order chi connectivity index (χ1) is 10.6. The molecule has 3 heterocycles. The van der Waals surface area contributed by atoms with Crippen molar-refractivity contribution in [3.05, 3.63) is 24.4 Å². The smallest absolute Gasteiger partial charge is 0.312 e. The molecule has 1 fully saturated rings. The fourth-order valence-electron chi connectivity index (χ4n) is 3.30. The van der Waals surface area contributed by atoms with Crippen LogP contribution in [-0.4, -0.2) is 50.0 Å². The van der Waals surface area contributed by atoms with Crippen molar-refractivity contribution in [2.24, 2.45) is 5.41 Å². The Morgan fingerprint density at radius 3 is 2.95 bits per heavy atom. The molecule has 0 unspecified atom stereocenters. The maximum Gasteiger partial charge on any atom is 0.312 e. The number of aliphatic hydroxyl groups is 1. The van der Waals surface area contributed by atoms with E-state index in [4.69, 9.17) is 0 Å². The molecule has 7 nitrogen and oxygen atoms in total. The maximum atomic E-state index is 11.7. The molecule has 1 aliphatic heterocycles. The molecule has 3 rings (SSSR count). The summed E-state index contributed by atoms with van der Waals surface area (Å²) < 4.78 is 1.85. The van der Waals surface area contributed by atoms with Crippen LogP contribution >= 0.6 is 0 Å². The van der Waals surface area contributed by atoms with Gasteiger partial charge < -0.3 is 15.1 Å². The van der Waals surface area contributed by atoms with Crippen molar-refractivity contribution in [2.75, 3.05) is 18.0 Å². The first kappa shape index (κ1) is 14.8. The van der Waals surface area contributed by atoms with Gasteiger partial charge in [0, 0.05) is 19.3 Å². The van der Waals surface area contributed by atoms with Crippen LogP contribution in [0.15, 0.2) is 24.4 Å². The van der Waals surface area contributed by atoms with Gasteiger partial charge in [-0.2, -0.15) is 0 Å². The molecular weight excluding hydrogens is 284 g/mol. The molecule has 0 aromatic carbocycles. The van der Waals surface area contributed by atoms with Crippen LogP contribution in [0.2, 0.25) is 0 Å². The van der Waals surface area contributed by atoms with Crippen LogP contribution < -0.4 is 4.90 Å². The van der Waals surface area contributed by atoms with E-state index < -0.39 is 17.5 Å². The van der Waals surface area contributed by atoms with Crippen LogP contribution in [0, 0.1) is 5.41 Å². The molecule has 0 saturated carbocycles. The van der Waals surface area contributed by atoms with Gasteiger partial charge in [0.1, 0.15) is 0 Å². The van der Waals surface area contributed by atoms with E-state index in [-0.39, 0.29) is 6.54 Å². The molecule has 1 aliphatic rings. The molecule has 2 atom stereocenters. The van der Waals surface area contributed by atoms with Crippen molar-refractivity contribution in [3.8, 4) is 0 Å². The highest BCUT2D eigenvalue weighted by Gasteiger charge is 2.48. The molecule has 22 heavy (non-hydrogen) atoms. The fourth-order valence-corrected chi connectivity index (χ4v) is 3.30. The predicted octanol–water partition coefficient (Wildman–Crippen LogP) is 1.17. The average Bonchev–Trinajstić information content (AvgIpc) is 2.93. The standard InChI is InChI=1S/C15H20N4O3/c1-2-6-15(13(21)22)7-9-18(10-11(15)20)14-17-16-12-5-3-4-8-19(12)14/h3-5,8,11,20H,2,6-7,9-10H2,1H3,(H,21,22)/t11-,15-/m0/s1. The fraction of sp³-hybridized carbons (Fsp3) is 0.533. The number of aliphatic hydroxyl groups excluding tert-OH is 1. The predicted molar refractivity (Wildman–Crippen MR) is 80.8 cm³/mol. The van der Waals surface area contributed by atoms with Crippen molar-refractivity contribution in [1.29, 1.82) is 0 Å². The lowest BCUT2D eigenvalue weighted by molar-refractivity contribution is -0.159. The lowest BCUT2D eigenvalue weighted by atomic mass is 9.73. The summed E-state index contributed by atoms with van der Waals surface area (Å²) in [5.74, 6) is -0.266. The van der Waals surface area contributed by atoms with Gasteiger partial charge in [-0.25, -0.2) is 0 Å². The van der Waals surface area contributed by atoms with E-state index in [2.05, 4.69) is 10.2 Å². The monoisotopic (exact) mass is 304 g/mol. The number of piperidine rings is 1. The molecule has 118 valence electrons. The summed E-state index contributed by atoms with van der Waals surface area (Å²) in [7, 11) is 0. The molecular formula is C15H20N4O3. The van der Waals surface area contributed by atoms with Gasteiger partial charge in [-0.15, -0.1) is 10.2 Å². The van der Waals surface area contributed by atoms with Crippen LogP contribution in [0.4, 0.5) is 5.95 Å². The molecule has 2 aromatic rings. The second kappa shape index (κ2) is 5.57. The molecule has 0 amide bonds. The number of pyridine rings is 1. The second-order valence-electron chi connectivity index (χ2n) is 5.85. The van der Waals surface area contributed by atoms with Gasteiger partial charge in [0.05, 0.1) is 11.5 Å². The summed E-state index contributed by atoms with van der Waals surface area (Å²) in [5.41, 5.74) is -0.318. The lowest BCUT2D eigenvalue weighted by Crippen LogP contribution is -2.55. The Labute approximate surface area is 128 Å². The average molecular weight is 304 g/mol. The number of carbonyl (C=O) groups is 1. The van der Waals surface area contributed by atoms with Gasteiger partial charge >= 0.3 is 5.97 Å². The van der Waals surface area contributed by atoms with Crippen LogP contribution in [0.3, 0.4) is 0 Å². The zero-order valence-corrected chi connectivity index (χ0v) is 12.5. The van der Waals surface area contributed by atoms with Crippen LogP contribution in [-0.2, 0) is 4.79 Å². The summed E-state index contributed by atoms with van der Waals surface area (Å²) in [6.45, 7) is 2.73. The molecule has 7 heteroatoms. The van der Waals surface area contributed by atoms with E-state index in [1.165, 1.54) is 0 Å². The molecule has 0 spiro atoms. The number of hydrogen-bond acceptors (Lipinski definition) is 5. The van der Waals surface area contributed by atoms with Gasteiger partial charge in [-0.1, -0.05) is 19.4 Å². The van der Waals surface area contributed by atoms with E-state index in [0.717, 1.165) is 12.1 Å². The minimum absolute atomic E-state index is 0.252. The van der Waals surface area contributed by atoms with E-state index in [0.29, 0.717) is 25.3 Å². The van der Waals surface area contributed by atoms with Gasteiger partial charge in [-0.05, 0) is 25.0 Å². The topological polar surface area (TPSA) is 91.0 Å². The normalized spacial score (nSPS) is 25.5. The molecule has 0 radical (unpaired) electrons. The third-order valence-electron chi connectivity index (χ3n) is 4.56. The summed E-state index contributed by atoms with van der Waals surface area (Å²) in [4.78, 5) is 13.6. The van der Waals surface area contributed by atoms with E-state index >= 15 is 0 Å². The number of carboxylic acids is 1. The highest BCUT2D eigenvalue weighted by molar-refractivity contribution is 5.76. The number of hydrogen-bond donors (Lipinski definition) is 2. The molecule has 2 aromatic heterocycles. The van der Waals surface area contributed by atoms with Crippen molar-refractivity contribution < 1.29 is 15.0 Å². The number of carboxylic acid groups (broad SMARTS) is 1. The maximum absolute atomic E-state index is 11.7. The van der Waals surface area contributed by atoms with Gasteiger partial charge in [0.25, 0.3) is 0 Å². The minimum atomic E-state index is -1.05. The Hall–Kier alpha value is -2.15. The molecule has 2 N–H and O–H groups in total. The highest BCUT2D eigenvalue weighted by Crippen LogP contribution is 2.37. The molecule has 0 bridgehead atoms. The number of anilines is 1. The molecule has 1 saturated heterocycles. The minimum Gasteiger partial charge on any atom is -0.481 e. The number of rotatable bonds is 4. The Kier molecular flexibility index (Phi) is 3.74. The van der Waals surface area contributed by atoms with Crippen molar-refractivity contribution in [2.45, 2.75) is 32.3 Å². The van der Waals surface area contributed by atoms with E-state index in [1.807, 2.05) is 40.6 Å². The summed E-state index contributed by atoms with van der Waals surface area (Å²) in [6, 6.07) is 5.63. The Morgan fingerprint density at radius 1 is 1.45 bits per heavy atom. The van der Waals surface area contributed by atoms with E-state index in [1.54, 1.807) is 0 Å². The first-order valence-electron chi connectivity index (χ1n) is 7.54. The zero-order chi connectivity index (χ0) is 15.7. The summed E-state index contributed by atoms with van der Waals surface area (Å²) in [6.07, 6.45) is 2.56. The van der Waals surface area contributed by atoms with Gasteiger partial charge in [0.2, 0.25) is 5.95 Å². The van der Waals surface area contributed by atoms with Crippen LogP contribution in [0.1, 0.15) is 26.2 Å². The van der Waals surface area contributed by atoms with Gasteiger partial charge in [0.15, 0.2) is 5.65 Å². The second-order valence-corrected chi connectivity index (χ2v) is 5.85. The zero-order valence-electron chi connectivity index (χ0n) is 12.5. The van der Waals surface area contributed by atoms with Crippen LogP contribution in [0.25, 0.3) is 5.65 Å². The first-order valence-corrected chi connectivity index (χ1v) is 7.54. The Bertz CT molecular complexity index is 686. The molecule has 0 aliphatic carbocycles. The van der Waals surface area contributed by atoms with E-state index in [9.17, 15) is 15.0 Å². The number of aromatic nitrogens is 3. The van der Waals surface area contributed by atoms with Crippen molar-refractivity contribution in [3.63, 3.8) is 0 Å². The Balaban J connectivity index is 1.87. The quantitative estimate of drug-likeness (QED) is 0.881. The highest BCUT2D eigenvalue weighted by atomic mass is 16.4. The third kappa shape index (κ3) is 2.21. The third-order valence-corrected chi connectivity index (χ3v) is 4.56. The number of fused-ring (bicyclic) bond motifs is 1. The van der Waals surface area contributed by atoms with Crippen LogP contribution in [0.5, 0.6) is 0 Å². The summed E-state index contributed by atoms with van der Waals surface area (Å²) >= 11 is 0. The lowest BCUT2D eigenvalue weighted by Gasteiger charge is -2.42. The number of aliphatic carboxylic acids is 1.